The minimum absolute atomic E-state index is 0.958. The summed E-state index contributed by atoms with van der Waals surface area (Å²) >= 11 is 0. The summed E-state index contributed by atoms with van der Waals surface area (Å²) < 4.78 is 5.30. The zero-order chi connectivity index (χ0) is 8.74. The number of rotatable bonds is 6. The van der Waals surface area contributed by atoms with Gasteiger partial charge in [-0.1, -0.05) is 45.5 Å². The summed E-state index contributed by atoms with van der Waals surface area (Å²) in [6.07, 6.45) is 2.53. The fourth-order valence-electron chi connectivity index (χ4n) is 1.29. The van der Waals surface area contributed by atoms with Gasteiger partial charge in [0.1, 0.15) is 0 Å². The van der Waals surface area contributed by atoms with Gasteiger partial charge in [-0.2, -0.15) is 0 Å². The van der Waals surface area contributed by atoms with Gasteiger partial charge in [0.05, 0.1) is 20.6 Å². The van der Waals surface area contributed by atoms with Crippen molar-refractivity contribution in [2.45, 2.75) is 38.9 Å². The van der Waals surface area contributed by atoms with Crippen molar-refractivity contribution in [3.05, 3.63) is 12.8 Å². The van der Waals surface area contributed by atoms with Gasteiger partial charge in [-0.05, 0) is 0 Å². The maximum absolute atomic E-state index is 5.30. The summed E-state index contributed by atoms with van der Waals surface area (Å²) in [5, 5.41) is 0. The normalized spacial score (nSPS) is 11.2. The summed E-state index contributed by atoms with van der Waals surface area (Å²) in [6, 6.07) is 3.98. The highest BCUT2D eigenvalue weighted by atomic mass is 28.3. The predicted octanol–water partition coefficient (Wildman–Crippen LogP) is 3.19. The number of hydrogen-bond acceptors (Lipinski definition) is 1. The third-order valence-electron chi connectivity index (χ3n) is 2.76. The first-order valence-corrected chi connectivity index (χ1v) is 7.30. The highest BCUT2D eigenvalue weighted by Gasteiger charge is 2.27. The molecule has 0 rings (SSSR count). The second kappa shape index (κ2) is 5.41. The first-order valence-electron chi connectivity index (χ1n) is 4.47. The molecule has 0 aromatic heterocycles. The van der Waals surface area contributed by atoms with Crippen LogP contribution in [-0.2, 0) is 4.74 Å². The van der Waals surface area contributed by atoms with Crippen LogP contribution in [0.2, 0.25) is 18.1 Å². The van der Waals surface area contributed by atoms with Crippen molar-refractivity contribution in [3.8, 4) is 0 Å². The monoisotopic (exact) mass is 172 g/mol. The average molecular weight is 172 g/mol. The summed E-state index contributed by atoms with van der Waals surface area (Å²) in [5.41, 5.74) is 0. The van der Waals surface area contributed by atoms with E-state index in [1.807, 2.05) is 0 Å². The van der Waals surface area contributed by atoms with Gasteiger partial charge in [0.15, 0.2) is 0 Å². The maximum atomic E-state index is 5.30. The van der Waals surface area contributed by atoms with Crippen LogP contribution in [0.5, 0.6) is 0 Å². The van der Waals surface area contributed by atoms with Gasteiger partial charge < -0.3 is 4.74 Å². The van der Waals surface area contributed by atoms with Gasteiger partial charge in [-0.15, -0.1) is 0 Å². The second-order valence-electron chi connectivity index (χ2n) is 3.04. The van der Waals surface area contributed by atoms with E-state index in [4.69, 9.17) is 4.74 Å². The molecule has 0 fully saturated rings. The molecule has 0 saturated heterocycles. The van der Waals surface area contributed by atoms with Gasteiger partial charge in [0, 0.05) is 0 Å². The molecule has 0 spiro atoms. The van der Waals surface area contributed by atoms with Crippen molar-refractivity contribution in [1.82, 2.24) is 0 Å². The van der Waals surface area contributed by atoms with Crippen LogP contribution in [0.15, 0.2) is 12.8 Å². The van der Waals surface area contributed by atoms with E-state index in [9.17, 15) is 0 Å². The number of ether oxygens (including phenoxy) is 1. The van der Waals surface area contributed by atoms with Crippen molar-refractivity contribution in [2.24, 2.45) is 0 Å². The zero-order valence-electron chi connectivity index (χ0n) is 8.02. The van der Waals surface area contributed by atoms with Gasteiger partial charge >= 0.3 is 0 Å². The standard InChI is InChI=1S/C9H20OSi/c1-5-10-9-11(6-2,7-3)8-4/h5H,1,6-9H2,2-4H3. The van der Waals surface area contributed by atoms with Crippen molar-refractivity contribution in [1.29, 1.82) is 0 Å². The lowest BCUT2D eigenvalue weighted by atomic mass is 10.9. The van der Waals surface area contributed by atoms with Crippen LogP contribution in [0, 0.1) is 0 Å². The molecule has 2 heteroatoms. The molecule has 0 aromatic carbocycles. The molecule has 66 valence electrons. The molecule has 0 aromatic rings. The molecule has 0 aliphatic carbocycles. The molecular weight excluding hydrogens is 152 g/mol. The lowest BCUT2D eigenvalue weighted by molar-refractivity contribution is 0.302. The summed E-state index contributed by atoms with van der Waals surface area (Å²) in [6.45, 7) is 10.4. The molecule has 0 heterocycles. The highest BCUT2D eigenvalue weighted by molar-refractivity contribution is 6.79. The quantitative estimate of drug-likeness (QED) is 0.441. The van der Waals surface area contributed by atoms with Crippen molar-refractivity contribution in [3.63, 3.8) is 0 Å². The minimum Gasteiger partial charge on any atom is -0.505 e. The van der Waals surface area contributed by atoms with Gasteiger partial charge in [0.25, 0.3) is 0 Å². The van der Waals surface area contributed by atoms with E-state index in [0.717, 1.165) is 6.23 Å². The Morgan fingerprint density at radius 1 is 1.18 bits per heavy atom. The highest BCUT2D eigenvalue weighted by Crippen LogP contribution is 2.20. The fourth-order valence-corrected chi connectivity index (χ4v) is 3.88. The van der Waals surface area contributed by atoms with E-state index in [-0.39, 0.29) is 0 Å². The zero-order valence-corrected chi connectivity index (χ0v) is 9.02. The van der Waals surface area contributed by atoms with Crippen LogP contribution in [0.1, 0.15) is 20.8 Å². The third-order valence-corrected chi connectivity index (χ3v) is 8.04. The molecule has 0 saturated carbocycles. The van der Waals surface area contributed by atoms with Gasteiger partial charge in [-0.3, -0.25) is 0 Å². The van der Waals surface area contributed by atoms with Crippen molar-refractivity contribution < 1.29 is 4.74 Å². The van der Waals surface area contributed by atoms with Crippen LogP contribution in [0.3, 0.4) is 0 Å². The topological polar surface area (TPSA) is 9.23 Å². The van der Waals surface area contributed by atoms with E-state index < -0.39 is 8.07 Å². The molecule has 11 heavy (non-hydrogen) atoms. The molecule has 1 nitrogen and oxygen atoms in total. The Kier molecular flexibility index (Phi) is 5.29. The molecule has 0 bridgehead atoms. The molecule has 0 N–H and O–H groups in total. The predicted molar refractivity (Wildman–Crippen MR) is 53.3 cm³/mol. The van der Waals surface area contributed by atoms with Crippen LogP contribution >= 0.6 is 0 Å². The van der Waals surface area contributed by atoms with E-state index in [1.54, 1.807) is 6.26 Å². The largest absolute Gasteiger partial charge is 0.505 e. The molecule has 0 unspecified atom stereocenters. The Balaban J connectivity index is 3.93. The molecule has 0 atom stereocenters. The Labute approximate surface area is 71.5 Å². The third kappa shape index (κ3) is 3.10. The molecular formula is C9H20OSi. The SMILES string of the molecule is C=COC[Si](CC)(CC)CC. The lowest BCUT2D eigenvalue weighted by Crippen LogP contribution is -2.37. The first kappa shape index (κ1) is 10.8. The Hall–Kier alpha value is -0.243. The molecule has 0 radical (unpaired) electrons. The fraction of sp³-hybridized carbons (Fsp3) is 0.778. The Morgan fingerprint density at radius 3 is 1.91 bits per heavy atom. The first-order chi connectivity index (χ1) is 5.24. The smallest absolute Gasteiger partial charge is 0.0976 e. The van der Waals surface area contributed by atoms with E-state index in [1.165, 1.54) is 18.1 Å². The average Bonchev–Trinajstić information content (AvgIpc) is 2.08. The van der Waals surface area contributed by atoms with Crippen LogP contribution in [-0.4, -0.2) is 14.3 Å². The summed E-state index contributed by atoms with van der Waals surface area (Å²) in [5.74, 6) is 0. The van der Waals surface area contributed by atoms with E-state index in [2.05, 4.69) is 27.4 Å². The van der Waals surface area contributed by atoms with Gasteiger partial charge in [-0.25, -0.2) is 0 Å². The number of hydrogen-bond donors (Lipinski definition) is 0. The molecule has 0 amide bonds. The van der Waals surface area contributed by atoms with Crippen LogP contribution < -0.4 is 0 Å². The van der Waals surface area contributed by atoms with Crippen LogP contribution in [0.4, 0.5) is 0 Å². The minimum atomic E-state index is -1.03. The Bertz CT molecular complexity index is 99.9. The van der Waals surface area contributed by atoms with Crippen molar-refractivity contribution >= 4 is 8.07 Å². The molecule has 0 aliphatic heterocycles. The van der Waals surface area contributed by atoms with Crippen LogP contribution in [0.25, 0.3) is 0 Å². The summed E-state index contributed by atoms with van der Waals surface area (Å²) in [7, 11) is -1.03. The van der Waals surface area contributed by atoms with Gasteiger partial charge in [0.2, 0.25) is 0 Å². The maximum Gasteiger partial charge on any atom is 0.0976 e. The molecule has 0 aliphatic rings. The van der Waals surface area contributed by atoms with Crippen molar-refractivity contribution in [2.75, 3.05) is 6.23 Å². The van der Waals surface area contributed by atoms with E-state index in [0.29, 0.717) is 0 Å². The lowest BCUT2D eigenvalue weighted by Gasteiger charge is -2.26. The van der Waals surface area contributed by atoms with E-state index >= 15 is 0 Å². The Morgan fingerprint density at radius 2 is 1.64 bits per heavy atom. The second-order valence-corrected chi connectivity index (χ2v) is 8.45. The summed E-state index contributed by atoms with van der Waals surface area (Å²) in [4.78, 5) is 0.